The van der Waals surface area contributed by atoms with Crippen molar-refractivity contribution in [1.29, 1.82) is 0 Å². The minimum Gasteiger partial charge on any atom is -0.486 e. The van der Waals surface area contributed by atoms with Crippen molar-refractivity contribution in [2.24, 2.45) is 0 Å². The monoisotopic (exact) mass is 485 g/mol. The minimum atomic E-state index is -0.415. The molecular weight excluding hydrogens is 469 g/mol. The second-order valence-corrected chi connectivity index (χ2v) is 7.37. The van der Waals surface area contributed by atoms with Crippen molar-refractivity contribution in [2.75, 3.05) is 5.32 Å². The van der Waals surface area contributed by atoms with Crippen molar-refractivity contribution in [3.05, 3.63) is 94.9 Å². The molecule has 4 rings (SSSR count). The van der Waals surface area contributed by atoms with Crippen LogP contribution in [0.4, 0.5) is 10.1 Å². The third kappa shape index (κ3) is 5.73. The van der Waals surface area contributed by atoms with Crippen molar-refractivity contribution in [2.45, 2.75) is 13.3 Å². The largest absolute Gasteiger partial charge is 0.486 e. The van der Waals surface area contributed by atoms with Crippen LogP contribution >= 0.6 is 15.9 Å². The van der Waals surface area contributed by atoms with E-state index in [-0.39, 0.29) is 24.9 Å². The second-order valence-electron chi connectivity index (χ2n) is 6.46. The van der Waals surface area contributed by atoms with Crippen LogP contribution in [0.1, 0.15) is 16.3 Å². The molecule has 0 radical (unpaired) electrons. The topological polar surface area (TPSA) is 78.5 Å². The van der Waals surface area contributed by atoms with Crippen LogP contribution in [0.2, 0.25) is 0 Å². The fourth-order valence-electron chi connectivity index (χ4n) is 2.63. The molecule has 7 nitrogen and oxygen atoms in total. The lowest BCUT2D eigenvalue weighted by Gasteiger charge is -2.06. The Hall–Kier alpha value is -3.59. The van der Waals surface area contributed by atoms with Crippen molar-refractivity contribution < 1.29 is 23.1 Å². The van der Waals surface area contributed by atoms with Crippen molar-refractivity contribution in [3.63, 3.8) is 0 Å². The first-order valence-corrected chi connectivity index (χ1v) is 10.0. The SMILES string of the molecule is O=C(Nc1cnn(COc2ccc(Br)cc2)c1)c1ccc(COc2ccc(F)cc2)o1. The van der Waals surface area contributed by atoms with Gasteiger partial charge in [-0.15, -0.1) is 0 Å². The summed E-state index contributed by atoms with van der Waals surface area (Å²) in [4.78, 5) is 12.4. The Morgan fingerprint density at radius 3 is 2.52 bits per heavy atom. The van der Waals surface area contributed by atoms with Gasteiger partial charge in [-0.1, -0.05) is 15.9 Å². The number of ether oxygens (including phenoxy) is 2. The molecule has 0 spiro atoms. The van der Waals surface area contributed by atoms with Crippen LogP contribution in [-0.4, -0.2) is 15.7 Å². The maximum Gasteiger partial charge on any atom is 0.291 e. The molecule has 0 aliphatic rings. The highest BCUT2D eigenvalue weighted by Crippen LogP contribution is 2.18. The lowest BCUT2D eigenvalue weighted by Crippen LogP contribution is -2.10. The van der Waals surface area contributed by atoms with E-state index in [2.05, 4.69) is 26.3 Å². The van der Waals surface area contributed by atoms with Crippen LogP contribution in [-0.2, 0) is 13.3 Å². The van der Waals surface area contributed by atoms with Gasteiger partial charge < -0.3 is 19.2 Å². The Morgan fingerprint density at radius 1 is 1.03 bits per heavy atom. The summed E-state index contributed by atoms with van der Waals surface area (Å²) < 4.78 is 32.1. The summed E-state index contributed by atoms with van der Waals surface area (Å²) in [5.41, 5.74) is 0.505. The van der Waals surface area contributed by atoms with Gasteiger partial charge >= 0.3 is 0 Å². The Bertz CT molecular complexity index is 1160. The molecule has 158 valence electrons. The molecule has 0 saturated carbocycles. The number of amides is 1. The number of hydrogen-bond acceptors (Lipinski definition) is 5. The van der Waals surface area contributed by atoms with E-state index in [0.29, 0.717) is 22.9 Å². The smallest absolute Gasteiger partial charge is 0.291 e. The first kappa shape index (κ1) is 20.7. The van der Waals surface area contributed by atoms with Crippen LogP contribution in [0.15, 0.2) is 81.9 Å². The molecule has 0 unspecified atom stereocenters. The molecule has 2 aromatic carbocycles. The highest BCUT2D eigenvalue weighted by Gasteiger charge is 2.13. The van der Waals surface area contributed by atoms with Gasteiger partial charge in [0.25, 0.3) is 5.91 Å². The zero-order valence-electron chi connectivity index (χ0n) is 16.1. The average molecular weight is 486 g/mol. The summed E-state index contributed by atoms with van der Waals surface area (Å²) in [6.45, 7) is 0.313. The quantitative estimate of drug-likeness (QED) is 0.368. The van der Waals surface area contributed by atoms with Gasteiger partial charge in [0, 0.05) is 4.47 Å². The van der Waals surface area contributed by atoms with Crippen LogP contribution in [0.25, 0.3) is 0 Å². The average Bonchev–Trinajstić information content (AvgIpc) is 3.43. The fourth-order valence-corrected chi connectivity index (χ4v) is 2.89. The highest BCUT2D eigenvalue weighted by atomic mass is 79.9. The Kier molecular flexibility index (Phi) is 6.32. The van der Waals surface area contributed by atoms with Gasteiger partial charge in [0.1, 0.15) is 29.7 Å². The minimum absolute atomic E-state index is 0.115. The molecule has 9 heteroatoms. The number of aromatic nitrogens is 2. The third-order valence-electron chi connectivity index (χ3n) is 4.15. The summed E-state index contributed by atoms with van der Waals surface area (Å²) in [5, 5.41) is 6.88. The molecule has 2 heterocycles. The zero-order valence-corrected chi connectivity index (χ0v) is 17.7. The van der Waals surface area contributed by atoms with E-state index in [1.807, 2.05) is 24.3 Å². The molecule has 0 saturated heterocycles. The number of anilines is 1. The number of hydrogen-bond donors (Lipinski definition) is 1. The molecule has 0 fully saturated rings. The summed E-state index contributed by atoms with van der Waals surface area (Å²) in [5.74, 6) is 1.05. The predicted molar refractivity (Wildman–Crippen MR) is 114 cm³/mol. The zero-order chi connectivity index (χ0) is 21.6. The van der Waals surface area contributed by atoms with Gasteiger partial charge in [-0.25, -0.2) is 9.07 Å². The van der Waals surface area contributed by atoms with E-state index in [1.165, 1.54) is 30.5 Å². The molecule has 2 aromatic heterocycles. The van der Waals surface area contributed by atoms with Crippen molar-refractivity contribution in [1.82, 2.24) is 9.78 Å². The summed E-state index contributed by atoms with van der Waals surface area (Å²) in [6.07, 6.45) is 3.17. The van der Waals surface area contributed by atoms with E-state index in [0.717, 1.165) is 4.47 Å². The van der Waals surface area contributed by atoms with E-state index in [9.17, 15) is 9.18 Å². The van der Waals surface area contributed by atoms with Gasteiger partial charge in [0.15, 0.2) is 12.5 Å². The standard InChI is InChI=1S/C22H17BrFN3O4/c23-15-1-5-19(6-2-15)30-14-27-12-17(11-25-27)26-22(28)21-10-9-20(31-21)13-29-18-7-3-16(24)4-8-18/h1-12H,13-14H2,(H,26,28). The first-order valence-electron chi connectivity index (χ1n) is 9.24. The maximum atomic E-state index is 12.9. The predicted octanol–water partition coefficient (Wildman–Crippen LogP) is 5.25. The van der Waals surface area contributed by atoms with Gasteiger partial charge in [0.2, 0.25) is 0 Å². The van der Waals surface area contributed by atoms with Crippen molar-refractivity contribution >= 4 is 27.5 Å². The number of rotatable bonds is 8. The van der Waals surface area contributed by atoms with E-state index < -0.39 is 5.91 Å². The summed E-state index contributed by atoms with van der Waals surface area (Å²) >= 11 is 3.37. The van der Waals surface area contributed by atoms with Gasteiger partial charge in [-0.3, -0.25) is 4.79 Å². The van der Waals surface area contributed by atoms with Crippen LogP contribution in [0.3, 0.4) is 0 Å². The van der Waals surface area contributed by atoms with Crippen LogP contribution in [0.5, 0.6) is 11.5 Å². The van der Waals surface area contributed by atoms with E-state index in [1.54, 1.807) is 23.0 Å². The van der Waals surface area contributed by atoms with Gasteiger partial charge in [-0.05, 0) is 60.7 Å². The lowest BCUT2D eigenvalue weighted by atomic mass is 10.3. The lowest BCUT2D eigenvalue weighted by molar-refractivity contribution is 0.0992. The molecule has 1 N–H and O–H groups in total. The van der Waals surface area contributed by atoms with Crippen LogP contribution < -0.4 is 14.8 Å². The number of furan rings is 1. The number of benzene rings is 2. The molecular formula is C22H17BrFN3O4. The molecule has 4 aromatic rings. The first-order chi connectivity index (χ1) is 15.0. The molecule has 0 bridgehead atoms. The Labute approximate surface area is 185 Å². The second kappa shape index (κ2) is 9.48. The summed E-state index contributed by atoms with van der Waals surface area (Å²) in [7, 11) is 0. The Balaban J connectivity index is 1.28. The van der Waals surface area contributed by atoms with E-state index >= 15 is 0 Å². The van der Waals surface area contributed by atoms with Crippen molar-refractivity contribution in [3.8, 4) is 11.5 Å². The molecule has 0 aliphatic carbocycles. The number of nitrogens with one attached hydrogen (secondary N) is 1. The van der Waals surface area contributed by atoms with Gasteiger partial charge in [0.05, 0.1) is 18.1 Å². The van der Waals surface area contributed by atoms with Crippen LogP contribution in [0, 0.1) is 5.82 Å². The van der Waals surface area contributed by atoms with Gasteiger partial charge in [-0.2, -0.15) is 5.10 Å². The highest BCUT2D eigenvalue weighted by molar-refractivity contribution is 9.10. The molecule has 0 aliphatic heterocycles. The Morgan fingerprint density at radius 2 is 1.74 bits per heavy atom. The van der Waals surface area contributed by atoms with E-state index in [4.69, 9.17) is 13.9 Å². The molecule has 0 atom stereocenters. The fraction of sp³-hybridized carbons (Fsp3) is 0.0909. The maximum absolute atomic E-state index is 12.9. The number of halogens is 2. The number of carbonyl (C=O) groups excluding carboxylic acids is 1. The summed E-state index contributed by atoms with van der Waals surface area (Å²) in [6, 6.07) is 16.3. The third-order valence-corrected chi connectivity index (χ3v) is 4.68. The molecule has 31 heavy (non-hydrogen) atoms. The number of nitrogens with zero attached hydrogens (tertiary/aromatic N) is 2. The normalized spacial score (nSPS) is 10.6. The number of carbonyl (C=O) groups is 1. The molecule has 1 amide bonds.